The summed E-state index contributed by atoms with van der Waals surface area (Å²) < 4.78 is 21.6. The lowest BCUT2D eigenvalue weighted by molar-refractivity contribution is -0.277. The number of hydrogen-bond donors (Lipinski definition) is 6. The van der Waals surface area contributed by atoms with Crippen LogP contribution in [0.3, 0.4) is 0 Å². The maximum Gasteiger partial charge on any atom is 0.294 e. The first kappa shape index (κ1) is 22.1. The molecule has 172 valence electrons. The third-order valence-electron chi connectivity index (χ3n) is 5.42. The molecule has 6 N–H and O–H groups in total. The number of fused-ring (bicyclic) bond motifs is 2. The highest BCUT2D eigenvalue weighted by atomic mass is 16.7. The molecule has 1 aromatic heterocycles. The number of aromatic hydroxyl groups is 2. The lowest BCUT2D eigenvalue weighted by Gasteiger charge is -2.39. The van der Waals surface area contributed by atoms with Gasteiger partial charge in [-0.3, -0.25) is 4.79 Å². The summed E-state index contributed by atoms with van der Waals surface area (Å²) in [6, 6.07) is 3.73. The fourth-order valence-electron chi connectivity index (χ4n) is 3.92. The fraction of sp³-hybridized carbons (Fsp3) is 0.381. The topological polar surface area (TPSA) is 179 Å². The Bertz CT molecular complexity index is 1230. The van der Waals surface area contributed by atoms with Crippen molar-refractivity contribution in [3.8, 4) is 23.2 Å². The molecule has 0 bridgehead atoms. The van der Waals surface area contributed by atoms with Crippen LogP contribution in [0.2, 0.25) is 0 Å². The monoisotopic (exact) mass is 450 g/mol. The number of aryl methyl sites for hydroxylation is 1. The Labute approximate surface area is 180 Å². The van der Waals surface area contributed by atoms with E-state index in [2.05, 4.69) is 0 Å². The van der Waals surface area contributed by atoms with Crippen LogP contribution in [0.1, 0.15) is 5.76 Å². The summed E-state index contributed by atoms with van der Waals surface area (Å²) in [4.78, 5) is 12.4. The second-order valence-corrected chi connectivity index (χ2v) is 7.49. The Balaban J connectivity index is 1.95. The largest absolute Gasteiger partial charge is 0.506 e. The van der Waals surface area contributed by atoms with E-state index in [9.17, 15) is 35.4 Å². The summed E-state index contributed by atoms with van der Waals surface area (Å²) in [5, 5.41) is 61.2. The van der Waals surface area contributed by atoms with Crippen LogP contribution in [0.15, 0.2) is 27.4 Å². The molecule has 32 heavy (non-hydrogen) atoms. The van der Waals surface area contributed by atoms with Gasteiger partial charge in [0.15, 0.2) is 5.43 Å². The number of hydrogen-bond acceptors (Lipinski definition) is 11. The average molecular weight is 450 g/mol. The van der Waals surface area contributed by atoms with Gasteiger partial charge in [0, 0.05) is 16.8 Å². The van der Waals surface area contributed by atoms with Gasteiger partial charge in [-0.15, -0.1) is 0 Å². The minimum atomic E-state index is -1.74. The fourth-order valence-corrected chi connectivity index (χ4v) is 3.92. The number of aliphatic hydroxyl groups excluding tert-OH is 4. The molecule has 0 amide bonds. The highest BCUT2D eigenvalue weighted by Crippen LogP contribution is 2.48. The number of phenolic OH excluding ortho intramolecular Hbond substituents is 1. The Morgan fingerprint density at radius 2 is 1.69 bits per heavy atom. The van der Waals surface area contributed by atoms with Crippen LogP contribution in [0.25, 0.3) is 21.5 Å². The average Bonchev–Trinajstić information content (AvgIpc) is 2.73. The third-order valence-corrected chi connectivity index (χ3v) is 5.42. The summed E-state index contributed by atoms with van der Waals surface area (Å²) in [6.45, 7) is 0.906. The summed E-state index contributed by atoms with van der Waals surface area (Å²) in [7, 11) is 1.34. The minimum absolute atomic E-state index is 0.0553. The molecular formula is C21H22O11. The molecule has 0 spiro atoms. The van der Waals surface area contributed by atoms with E-state index < -0.39 is 54.4 Å². The highest BCUT2D eigenvalue weighted by Gasteiger charge is 2.45. The molecule has 5 atom stereocenters. The molecular weight excluding hydrogens is 428 g/mol. The zero-order valence-corrected chi connectivity index (χ0v) is 17.1. The quantitative estimate of drug-likeness (QED) is 0.291. The van der Waals surface area contributed by atoms with Gasteiger partial charge in [0.1, 0.15) is 52.8 Å². The SMILES string of the molecule is COc1c2cc(=O)cc(O[C@@H]3O[C@H](CO)[C@@H](O)[C@H](O)[C@H]3O)c2c(O)c2c(O)oc(C)cc12. The molecule has 0 radical (unpaired) electrons. The van der Waals surface area contributed by atoms with Crippen molar-refractivity contribution >= 4 is 21.5 Å². The van der Waals surface area contributed by atoms with Gasteiger partial charge in [-0.25, -0.2) is 0 Å². The van der Waals surface area contributed by atoms with Crippen LogP contribution in [-0.4, -0.2) is 75.1 Å². The van der Waals surface area contributed by atoms with Crippen molar-refractivity contribution in [1.82, 2.24) is 0 Å². The van der Waals surface area contributed by atoms with E-state index in [4.69, 9.17) is 18.6 Å². The zero-order valence-electron chi connectivity index (χ0n) is 17.1. The number of benzene rings is 2. The van der Waals surface area contributed by atoms with Crippen molar-refractivity contribution in [3.63, 3.8) is 0 Å². The summed E-state index contributed by atoms with van der Waals surface area (Å²) in [5.74, 6) is -0.865. The second-order valence-electron chi connectivity index (χ2n) is 7.49. The Morgan fingerprint density at radius 3 is 2.34 bits per heavy atom. The lowest BCUT2D eigenvalue weighted by Crippen LogP contribution is -2.60. The molecule has 0 saturated carbocycles. The highest BCUT2D eigenvalue weighted by molar-refractivity contribution is 6.14. The van der Waals surface area contributed by atoms with Crippen LogP contribution in [0.5, 0.6) is 23.2 Å². The molecule has 11 nitrogen and oxygen atoms in total. The van der Waals surface area contributed by atoms with E-state index in [0.29, 0.717) is 5.76 Å². The number of methoxy groups -OCH3 is 1. The van der Waals surface area contributed by atoms with Crippen LogP contribution < -0.4 is 14.9 Å². The molecule has 2 heterocycles. The molecule has 1 aliphatic heterocycles. The van der Waals surface area contributed by atoms with Gasteiger partial charge in [0.25, 0.3) is 5.95 Å². The van der Waals surface area contributed by atoms with Crippen molar-refractivity contribution in [2.75, 3.05) is 13.7 Å². The van der Waals surface area contributed by atoms with E-state index in [1.807, 2.05) is 0 Å². The molecule has 4 rings (SSSR count). The van der Waals surface area contributed by atoms with Gasteiger partial charge >= 0.3 is 0 Å². The lowest BCUT2D eigenvalue weighted by atomic mass is 9.99. The Hall–Kier alpha value is -3.09. The molecule has 1 fully saturated rings. The van der Waals surface area contributed by atoms with Gasteiger partial charge in [-0.2, -0.15) is 0 Å². The summed E-state index contributed by atoms with van der Waals surface area (Å²) in [6.07, 6.45) is -7.89. The molecule has 3 aromatic rings. The van der Waals surface area contributed by atoms with Crippen LogP contribution in [-0.2, 0) is 4.74 Å². The van der Waals surface area contributed by atoms with Gasteiger partial charge in [-0.1, -0.05) is 0 Å². The molecule has 0 unspecified atom stereocenters. The number of phenols is 1. The predicted molar refractivity (Wildman–Crippen MR) is 109 cm³/mol. The van der Waals surface area contributed by atoms with Crippen molar-refractivity contribution < 1.29 is 49.3 Å². The number of ether oxygens (including phenoxy) is 3. The van der Waals surface area contributed by atoms with Crippen molar-refractivity contribution in [3.05, 3.63) is 34.2 Å². The smallest absolute Gasteiger partial charge is 0.294 e. The number of rotatable bonds is 4. The molecule has 2 aromatic carbocycles. The zero-order chi connectivity index (χ0) is 23.3. The predicted octanol–water partition coefficient (Wildman–Crippen LogP) is -0.147. The van der Waals surface area contributed by atoms with E-state index in [1.165, 1.54) is 19.2 Å². The van der Waals surface area contributed by atoms with Gasteiger partial charge in [0.2, 0.25) is 6.29 Å². The number of aliphatic hydroxyl groups is 4. The molecule has 1 saturated heterocycles. The van der Waals surface area contributed by atoms with Crippen LogP contribution in [0.4, 0.5) is 0 Å². The second kappa shape index (κ2) is 8.11. The minimum Gasteiger partial charge on any atom is -0.506 e. The van der Waals surface area contributed by atoms with Gasteiger partial charge in [-0.05, 0) is 19.1 Å². The van der Waals surface area contributed by atoms with Crippen molar-refractivity contribution in [2.24, 2.45) is 0 Å². The summed E-state index contributed by atoms with van der Waals surface area (Å²) >= 11 is 0. The van der Waals surface area contributed by atoms with E-state index in [1.54, 1.807) is 6.92 Å². The van der Waals surface area contributed by atoms with Crippen molar-refractivity contribution in [1.29, 1.82) is 0 Å². The van der Waals surface area contributed by atoms with Crippen LogP contribution >= 0.6 is 0 Å². The standard InChI is InChI=1S/C21H22O11/c1-7-3-9-14(20(28)30-7)16(25)13-10(19(9)29-2)4-8(23)5-11(13)31-21-18(27)17(26)15(24)12(6-22)32-21/h3-5,12,15,17-18,21-22,24-28H,6H2,1-2H3/t12-,15-,17+,18-,21-/m1/s1. The molecule has 0 aliphatic carbocycles. The van der Waals surface area contributed by atoms with Gasteiger partial charge < -0.3 is 49.3 Å². The van der Waals surface area contributed by atoms with E-state index in [0.717, 1.165) is 6.07 Å². The first-order chi connectivity index (χ1) is 15.2. The third kappa shape index (κ3) is 3.40. The van der Waals surface area contributed by atoms with Gasteiger partial charge in [0.05, 0.1) is 19.1 Å². The Kier molecular flexibility index (Phi) is 5.61. The maximum absolute atomic E-state index is 12.4. The van der Waals surface area contributed by atoms with E-state index in [-0.39, 0.29) is 33.0 Å². The van der Waals surface area contributed by atoms with Crippen molar-refractivity contribution in [2.45, 2.75) is 37.6 Å². The van der Waals surface area contributed by atoms with E-state index >= 15 is 0 Å². The summed E-state index contributed by atoms with van der Waals surface area (Å²) in [5.41, 5.74) is -0.532. The first-order valence-electron chi connectivity index (χ1n) is 9.65. The maximum atomic E-state index is 12.4. The molecule has 1 aliphatic rings. The van der Waals surface area contributed by atoms with Crippen LogP contribution in [0, 0.1) is 6.92 Å². The first-order valence-corrected chi connectivity index (χ1v) is 9.65. The Morgan fingerprint density at radius 1 is 1.00 bits per heavy atom. The normalized spacial score (nSPS) is 25.9. The molecule has 11 heteroatoms.